The highest BCUT2D eigenvalue weighted by Crippen LogP contribution is 2.28. The molecule has 0 bridgehead atoms. The molecule has 0 aromatic heterocycles. The second-order valence-corrected chi connectivity index (χ2v) is 6.80. The van der Waals surface area contributed by atoms with Gasteiger partial charge >= 0.3 is 0 Å². The molecule has 0 radical (unpaired) electrons. The van der Waals surface area contributed by atoms with Crippen LogP contribution in [0.25, 0.3) is 0 Å². The van der Waals surface area contributed by atoms with Crippen LogP contribution < -0.4 is 16.0 Å². The maximum Gasteiger partial charge on any atom is 0.220 e. The summed E-state index contributed by atoms with van der Waals surface area (Å²) in [6.07, 6.45) is 1.04. The van der Waals surface area contributed by atoms with Gasteiger partial charge in [-0.3, -0.25) is 4.79 Å². The summed E-state index contributed by atoms with van der Waals surface area (Å²) in [6, 6.07) is 4.60. The van der Waals surface area contributed by atoms with Gasteiger partial charge in [-0.25, -0.2) is 4.39 Å². The van der Waals surface area contributed by atoms with Gasteiger partial charge in [-0.05, 0) is 45.5 Å². The molecule has 1 amide bonds. The van der Waals surface area contributed by atoms with Crippen LogP contribution in [0.2, 0.25) is 0 Å². The zero-order valence-corrected chi connectivity index (χ0v) is 14.9. The molecule has 24 heavy (non-hydrogen) atoms. The van der Waals surface area contributed by atoms with E-state index in [1.807, 2.05) is 19.9 Å². The highest BCUT2D eigenvalue weighted by Gasteiger charge is 2.21. The lowest BCUT2D eigenvalue weighted by Crippen LogP contribution is -2.45. The van der Waals surface area contributed by atoms with Crippen LogP contribution in [0.5, 0.6) is 0 Å². The van der Waals surface area contributed by atoms with Crippen LogP contribution in [0, 0.1) is 5.82 Å². The van der Waals surface area contributed by atoms with Crippen LogP contribution in [-0.4, -0.2) is 50.1 Å². The van der Waals surface area contributed by atoms with E-state index in [2.05, 4.69) is 22.2 Å². The molecule has 5 nitrogen and oxygen atoms in total. The molecule has 2 rings (SSSR count). The molecular formula is C18H29FN4O. The average molecular weight is 336 g/mol. The predicted molar refractivity (Wildman–Crippen MR) is 95.6 cm³/mol. The van der Waals surface area contributed by atoms with E-state index < -0.39 is 0 Å². The molecule has 3 N–H and O–H groups in total. The third-order valence-electron chi connectivity index (χ3n) is 4.50. The fraction of sp³-hybridized carbons (Fsp3) is 0.611. The Kier molecular flexibility index (Phi) is 6.57. The van der Waals surface area contributed by atoms with Crippen molar-refractivity contribution in [3.63, 3.8) is 0 Å². The first kappa shape index (κ1) is 18.7. The molecule has 1 fully saturated rings. The number of likely N-dealkylation sites (N-methyl/N-ethyl adjacent to an activating group) is 1. The van der Waals surface area contributed by atoms with Gasteiger partial charge in [0.25, 0.3) is 0 Å². The monoisotopic (exact) mass is 336 g/mol. The Morgan fingerprint density at radius 3 is 2.58 bits per heavy atom. The molecule has 1 aromatic rings. The number of anilines is 1. The van der Waals surface area contributed by atoms with Crippen LogP contribution in [0.3, 0.4) is 0 Å². The first-order valence-electron chi connectivity index (χ1n) is 8.64. The third-order valence-corrected chi connectivity index (χ3v) is 4.50. The highest BCUT2D eigenvalue weighted by molar-refractivity contribution is 5.76. The Morgan fingerprint density at radius 1 is 1.29 bits per heavy atom. The van der Waals surface area contributed by atoms with Crippen molar-refractivity contribution in [1.29, 1.82) is 0 Å². The summed E-state index contributed by atoms with van der Waals surface area (Å²) < 4.78 is 13.8. The molecule has 6 heteroatoms. The molecule has 134 valence electrons. The minimum atomic E-state index is -0.278. The second kappa shape index (κ2) is 8.44. The number of nitrogens with zero attached hydrogens (tertiary/aromatic N) is 2. The van der Waals surface area contributed by atoms with Crippen molar-refractivity contribution in [2.75, 3.05) is 38.1 Å². The van der Waals surface area contributed by atoms with Crippen LogP contribution in [0.4, 0.5) is 10.1 Å². The number of rotatable bonds is 6. The molecule has 1 aromatic carbocycles. The van der Waals surface area contributed by atoms with E-state index in [1.54, 1.807) is 0 Å². The number of benzene rings is 1. The minimum Gasteiger partial charge on any atom is -0.369 e. The summed E-state index contributed by atoms with van der Waals surface area (Å²) in [7, 11) is 2.10. The topological polar surface area (TPSA) is 61.6 Å². The average Bonchev–Trinajstić information content (AvgIpc) is 2.54. The number of halogens is 1. The Bertz CT molecular complexity index is 556. The zero-order chi connectivity index (χ0) is 17.7. The van der Waals surface area contributed by atoms with Gasteiger partial charge in [-0.2, -0.15) is 0 Å². The summed E-state index contributed by atoms with van der Waals surface area (Å²) in [6.45, 7) is 7.55. The highest BCUT2D eigenvalue weighted by atomic mass is 19.1. The molecular weight excluding hydrogens is 307 g/mol. The molecule has 2 unspecified atom stereocenters. The fourth-order valence-electron chi connectivity index (χ4n) is 2.96. The van der Waals surface area contributed by atoms with Gasteiger partial charge in [0.15, 0.2) is 0 Å². The van der Waals surface area contributed by atoms with Gasteiger partial charge in [0.05, 0.1) is 6.04 Å². The quantitative estimate of drug-likeness (QED) is 0.833. The number of carbonyl (C=O) groups is 1. The Morgan fingerprint density at radius 2 is 1.96 bits per heavy atom. The van der Waals surface area contributed by atoms with E-state index in [9.17, 15) is 9.18 Å². The number of nitrogens with one attached hydrogen (secondary N) is 1. The van der Waals surface area contributed by atoms with Crippen molar-refractivity contribution in [2.24, 2.45) is 5.73 Å². The van der Waals surface area contributed by atoms with Crippen LogP contribution in [0.15, 0.2) is 18.2 Å². The zero-order valence-electron chi connectivity index (χ0n) is 14.9. The second-order valence-electron chi connectivity index (χ2n) is 6.80. The Labute approximate surface area is 144 Å². The van der Waals surface area contributed by atoms with Gasteiger partial charge in [-0.1, -0.05) is 0 Å². The van der Waals surface area contributed by atoms with Crippen LogP contribution in [0.1, 0.15) is 38.3 Å². The van der Waals surface area contributed by atoms with Crippen molar-refractivity contribution in [3.8, 4) is 0 Å². The van der Waals surface area contributed by atoms with E-state index in [4.69, 9.17) is 5.73 Å². The first-order chi connectivity index (χ1) is 11.4. The molecule has 0 spiro atoms. The largest absolute Gasteiger partial charge is 0.369 e. The van der Waals surface area contributed by atoms with Crippen molar-refractivity contribution in [3.05, 3.63) is 29.6 Å². The number of hydrogen-bond donors (Lipinski definition) is 2. The van der Waals surface area contributed by atoms with E-state index >= 15 is 0 Å². The lowest BCUT2D eigenvalue weighted by molar-refractivity contribution is -0.121. The van der Waals surface area contributed by atoms with Gasteiger partial charge in [0, 0.05) is 49.9 Å². The number of carbonyl (C=O) groups excluding carboxylic acids is 1. The molecule has 0 aliphatic carbocycles. The lowest BCUT2D eigenvalue weighted by atomic mass is 10.0. The molecule has 1 saturated heterocycles. The van der Waals surface area contributed by atoms with Crippen molar-refractivity contribution in [2.45, 2.75) is 38.8 Å². The maximum atomic E-state index is 13.8. The third kappa shape index (κ3) is 5.18. The predicted octanol–water partition coefficient (Wildman–Crippen LogP) is 1.88. The summed E-state index contributed by atoms with van der Waals surface area (Å²) >= 11 is 0. The van der Waals surface area contributed by atoms with E-state index in [-0.39, 0.29) is 23.8 Å². The molecule has 1 heterocycles. The Hall–Kier alpha value is -1.66. The Balaban J connectivity index is 2.10. The molecule has 1 aliphatic heterocycles. The number of hydrogen-bond acceptors (Lipinski definition) is 4. The van der Waals surface area contributed by atoms with Crippen LogP contribution in [-0.2, 0) is 4.79 Å². The van der Waals surface area contributed by atoms with Crippen LogP contribution >= 0.6 is 0 Å². The number of nitrogens with two attached hydrogens (primary N) is 1. The first-order valence-corrected chi connectivity index (χ1v) is 8.64. The number of piperazine rings is 1. The molecule has 1 aliphatic rings. The lowest BCUT2D eigenvalue weighted by Gasteiger charge is -2.36. The van der Waals surface area contributed by atoms with E-state index in [0.29, 0.717) is 12.8 Å². The SMILES string of the molecule is CC(N)CCC(=O)NC(C)c1cc(F)ccc1N1CCN(C)CC1. The van der Waals surface area contributed by atoms with Gasteiger partial charge < -0.3 is 20.9 Å². The van der Waals surface area contributed by atoms with Crippen molar-refractivity contribution >= 4 is 11.6 Å². The minimum absolute atomic E-state index is 0.00104. The molecule has 2 atom stereocenters. The van der Waals surface area contributed by atoms with Gasteiger partial charge in [0.1, 0.15) is 5.82 Å². The van der Waals surface area contributed by atoms with Gasteiger partial charge in [-0.15, -0.1) is 0 Å². The van der Waals surface area contributed by atoms with E-state index in [0.717, 1.165) is 37.4 Å². The summed E-state index contributed by atoms with van der Waals surface area (Å²) in [4.78, 5) is 16.6. The van der Waals surface area contributed by atoms with Gasteiger partial charge in [0.2, 0.25) is 5.91 Å². The maximum absolute atomic E-state index is 13.8. The summed E-state index contributed by atoms with van der Waals surface area (Å²) in [5, 5.41) is 2.97. The fourth-order valence-corrected chi connectivity index (χ4v) is 2.96. The summed E-state index contributed by atoms with van der Waals surface area (Å²) in [5.74, 6) is -0.326. The number of amides is 1. The smallest absolute Gasteiger partial charge is 0.220 e. The van der Waals surface area contributed by atoms with Crippen molar-refractivity contribution < 1.29 is 9.18 Å². The molecule has 0 saturated carbocycles. The normalized spacial score (nSPS) is 18.3. The van der Waals surface area contributed by atoms with E-state index in [1.165, 1.54) is 12.1 Å². The van der Waals surface area contributed by atoms with Crippen molar-refractivity contribution in [1.82, 2.24) is 10.2 Å². The standard InChI is InChI=1S/C18H29FN4O/c1-13(20)4-7-18(24)21-14(2)16-12-15(19)5-6-17(16)23-10-8-22(3)9-11-23/h5-6,12-14H,4,7-11,20H2,1-3H3,(H,21,24). The summed E-state index contributed by atoms with van der Waals surface area (Å²) in [5.41, 5.74) is 7.53.